The third-order valence-electron chi connectivity index (χ3n) is 10.7. The van der Waals surface area contributed by atoms with Gasteiger partial charge in [-0.15, -0.1) is 0 Å². The maximum Gasteiger partial charge on any atom is 0.220 e. The monoisotopic (exact) mass is 768 g/mol. The molecule has 0 aromatic carbocycles. The molecule has 0 aromatic rings. The van der Waals surface area contributed by atoms with Gasteiger partial charge >= 0.3 is 0 Å². The number of rotatable bonds is 43. The lowest BCUT2D eigenvalue weighted by molar-refractivity contribution is -0.123. The molecule has 3 N–H and O–H groups in total. The summed E-state index contributed by atoms with van der Waals surface area (Å²) in [6.07, 6.45) is 64.8. The number of unbranched alkanes of at least 4 members (excludes halogenated alkanes) is 28. The zero-order valence-corrected chi connectivity index (χ0v) is 36.7. The van der Waals surface area contributed by atoms with E-state index in [1.807, 2.05) is 6.08 Å². The number of aliphatic hydroxyl groups is 2. The van der Waals surface area contributed by atoms with Crippen LogP contribution in [0.2, 0.25) is 0 Å². The fraction of sp³-hybridized carbons (Fsp3) is 0.784. The Kier molecular flexibility index (Phi) is 44.9. The van der Waals surface area contributed by atoms with Gasteiger partial charge < -0.3 is 15.5 Å². The van der Waals surface area contributed by atoms with Crippen molar-refractivity contribution in [3.63, 3.8) is 0 Å². The number of carbonyl (C=O) groups is 1. The zero-order chi connectivity index (χ0) is 40.0. The predicted octanol–water partition coefficient (Wildman–Crippen LogP) is 15.3. The van der Waals surface area contributed by atoms with Crippen LogP contribution in [0.3, 0.4) is 0 Å². The van der Waals surface area contributed by atoms with Gasteiger partial charge in [0.25, 0.3) is 0 Å². The number of allylic oxidation sites excluding steroid dienone is 9. The summed E-state index contributed by atoms with van der Waals surface area (Å²) in [5, 5.41) is 23.0. The highest BCUT2D eigenvalue weighted by atomic mass is 16.3. The molecule has 4 nitrogen and oxygen atoms in total. The highest BCUT2D eigenvalue weighted by molar-refractivity contribution is 5.76. The molecule has 0 rings (SSSR count). The normalized spacial score (nSPS) is 13.5. The number of hydrogen-bond donors (Lipinski definition) is 3. The van der Waals surface area contributed by atoms with Gasteiger partial charge in [-0.1, -0.05) is 222 Å². The minimum Gasteiger partial charge on any atom is -0.394 e. The average molecular weight is 768 g/mol. The topological polar surface area (TPSA) is 69.6 Å². The molecule has 2 atom stereocenters. The van der Waals surface area contributed by atoms with Gasteiger partial charge in [0.05, 0.1) is 18.8 Å². The summed E-state index contributed by atoms with van der Waals surface area (Å²) in [7, 11) is 0. The van der Waals surface area contributed by atoms with Crippen molar-refractivity contribution >= 4 is 5.91 Å². The molecule has 0 aliphatic carbocycles. The molecule has 0 aliphatic rings. The van der Waals surface area contributed by atoms with Crippen LogP contribution in [0.15, 0.2) is 60.8 Å². The average Bonchev–Trinajstić information content (AvgIpc) is 3.19. The van der Waals surface area contributed by atoms with Gasteiger partial charge in [-0.2, -0.15) is 0 Å². The van der Waals surface area contributed by atoms with E-state index < -0.39 is 12.1 Å². The molecule has 0 saturated heterocycles. The van der Waals surface area contributed by atoms with Crippen LogP contribution < -0.4 is 5.32 Å². The summed E-state index contributed by atoms with van der Waals surface area (Å²) < 4.78 is 0. The second kappa shape index (κ2) is 46.5. The Morgan fingerprint density at radius 2 is 0.764 bits per heavy atom. The number of aliphatic hydroxyl groups excluding tert-OH is 2. The van der Waals surface area contributed by atoms with Crippen LogP contribution in [0.1, 0.15) is 239 Å². The van der Waals surface area contributed by atoms with E-state index in [1.165, 1.54) is 173 Å². The Morgan fingerprint density at radius 3 is 1.18 bits per heavy atom. The van der Waals surface area contributed by atoms with E-state index in [1.54, 1.807) is 6.08 Å². The molecule has 0 bridgehead atoms. The van der Waals surface area contributed by atoms with Crippen molar-refractivity contribution in [3.05, 3.63) is 60.8 Å². The van der Waals surface area contributed by atoms with Crippen LogP contribution in [-0.2, 0) is 4.79 Å². The fourth-order valence-electron chi connectivity index (χ4n) is 7.02. The van der Waals surface area contributed by atoms with Gasteiger partial charge in [-0.05, 0) is 70.6 Å². The maximum absolute atomic E-state index is 12.4. The Hall–Kier alpha value is -1.91. The summed E-state index contributed by atoms with van der Waals surface area (Å²) in [6.45, 7) is 4.29. The van der Waals surface area contributed by atoms with Gasteiger partial charge in [-0.3, -0.25) is 4.79 Å². The van der Waals surface area contributed by atoms with Crippen molar-refractivity contribution in [2.24, 2.45) is 0 Å². The molecule has 0 aromatic heterocycles. The summed E-state index contributed by atoms with van der Waals surface area (Å²) in [6, 6.07) is -0.643. The molecular weight excluding hydrogens is 675 g/mol. The van der Waals surface area contributed by atoms with Gasteiger partial charge in [0.15, 0.2) is 0 Å². The van der Waals surface area contributed by atoms with E-state index in [2.05, 4.69) is 67.8 Å². The maximum atomic E-state index is 12.4. The van der Waals surface area contributed by atoms with Crippen LogP contribution in [0.5, 0.6) is 0 Å². The van der Waals surface area contributed by atoms with Gasteiger partial charge in [0.1, 0.15) is 0 Å². The highest BCUT2D eigenvalue weighted by Crippen LogP contribution is 2.14. The molecule has 320 valence electrons. The molecule has 1 amide bonds. The Morgan fingerprint density at radius 1 is 0.436 bits per heavy atom. The predicted molar refractivity (Wildman–Crippen MR) is 244 cm³/mol. The standard InChI is InChI=1S/C51H93NO3/c1-3-5-7-9-11-13-15-17-19-21-23-24-25-26-27-28-29-31-33-35-37-39-41-43-45-47-51(55)52-49(48-53)50(54)46-44-42-40-38-36-34-32-30-22-20-18-16-14-12-10-8-6-4-2/h15,17,21,23,25-26,36,38,44,46,49-50,53-54H,3-14,16,18-20,22,24,27-35,37,39-43,45,47-48H2,1-2H3,(H,52,55)/b17-15-,23-21-,26-25-,38-36+,46-44+. The van der Waals surface area contributed by atoms with Gasteiger partial charge in [0.2, 0.25) is 5.91 Å². The van der Waals surface area contributed by atoms with Crippen molar-refractivity contribution in [1.29, 1.82) is 0 Å². The number of carbonyl (C=O) groups excluding carboxylic acids is 1. The van der Waals surface area contributed by atoms with E-state index in [-0.39, 0.29) is 12.5 Å². The minimum absolute atomic E-state index is 0.0787. The molecule has 0 spiro atoms. The third kappa shape index (κ3) is 43.1. The van der Waals surface area contributed by atoms with Crippen molar-refractivity contribution < 1.29 is 15.0 Å². The van der Waals surface area contributed by atoms with E-state index >= 15 is 0 Å². The van der Waals surface area contributed by atoms with Crippen molar-refractivity contribution in [2.75, 3.05) is 6.61 Å². The van der Waals surface area contributed by atoms with E-state index in [0.717, 1.165) is 44.9 Å². The quantitative estimate of drug-likeness (QED) is 0.0427. The Bertz CT molecular complexity index is 919. The summed E-state index contributed by atoms with van der Waals surface area (Å²) >= 11 is 0. The van der Waals surface area contributed by atoms with Crippen LogP contribution in [0, 0.1) is 0 Å². The largest absolute Gasteiger partial charge is 0.394 e. The fourth-order valence-corrected chi connectivity index (χ4v) is 7.02. The van der Waals surface area contributed by atoms with Crippen LogP contribution in [0.4, 0.5) is 0 Å². The molecule has 0 fully saturated rings. The van der Waals surface area contributed by atoms with Crippen LogP contribution in [-0.4, -0.2) is 34.9 Å². The molecular formula is C51H93NO3. The molecule has 0 aliphatic heterocycles. The molecule has 0 heterocycles. The summed E-state index contributed by atoms with van der Waals surface area (Å²) in [5.74, 6) is -0.0787. The highest BCUT2D eigenvalue weighted by Gasteiger charge is 2.17. The number of hydrogen-bond acceptors (Lipinski definition) is 3. The van der Waals surface area contributed by atoms with E-state index in [4.69, 9.17) is 0 Å². The second-order valence-corrected chi connectivity index (χ2v) is 16.2. The van der Waals surface area contributed by atoms with E-state index in [0.29, 0.717) is 6.42 Å². The lowest BCUT2D eigenvalue weighted by Crippen LogP contribution is -2.45. The van der Waals surface area contributed by atoms with E-state index in [9.17, 15) is 15.0 Å². The van der Waals surface area contributed by atoms with Crippen molar-refractivity contribution in [1.82, 2.24) is 5.32 Å². The Labute approximate surface area is 343 Å². The first kappa shape index (κ1) is 53.1. The first-order chi connectivity index (χ1) is 27.2. The third-order valence-corrected chi connectivity index (χ3v) is 10.7. The minimum atomic E-state index is -0.866. The van der Waals surface area contributed by atoms with Gasteiger partial charge in [-0.25, -0.2) is 0 Å². The SMILES string of the molecule is CCCCCCC/C=C\C/C=C\C/C=C\CCCCCCCCCCCCC(=O)NC(CO)C(O)/C=C/CC/C=C/CCCCCCCCCCCCCC. The summed E-state index contributed by atoms with van der Waals surface area (Å²) in [4.78, 5) is 12.4. The lowest BCUT2D eigenvalue weighted by Gasteiger charge is -2.19. The lowest BCUT2D eigenvalue weighted by atomic mass is 10.0. The van der Waals surface area contributed by atoms with Crippen molar-refractivity contribution in [2.45, 2.75) is 251 Å². The van der Waals surface area contributed by atoms with Crippen LogP contribution in [0.25, 0.3) is 0 Å². The molecule has 2 unspecified atom stereocenters. The van der Waals surface area contributed by atoms with Gasteiger partial charge in [0, 0.05) is 6.42 Å². The smallest absolute Gasteiger partial charge is 0.220 e. The number of amides is 1. The van der Waals surface area contributed by atoms with Crippen LogP contribution >= 0.6 is 0 Å². The molecule has 0 saturated carbocycles. The number of nitrogens with one attached hydrogen (secondary N) is 1. The second-order valence-electron chi connectivity index (χ2n) is 16.2. The molecule has 55 heavy (non-hydrogen) atoms. The summed E-state index contributed by atoms with van der Waals surface area (Å²) in [5.41, 5.74) is 0. The molecule has 0 radical (unpaired) electrons. The Balaban J connectivity index is 3.60. The first-order valence-electron chi connectivity index (χ1n) is 24.0. The first-order valence-corrected chi connectivity index (χ1v) is 24.0. The zero-order valence-electron chi connectivity index (χ0n) is 36.7. The van der Waals surface area contributed by atoms with Crippen molar-refractivity contribution in [3.8, 4) is 0 Å². The molecule has 4 heteroatoms.